The molecule has 392 valence electrons. The van der Waals surface area contributed by atoms with Crippen LogP contribution >= 0.6 is 0 Å². The third-order valence-electron chi connectivity index (χ3n) is 13.6. The van der Waals surface area contributed by atoms with Crippen molar-refractivity contribution in [1.29, 1.82) is 5.41 Å². The average molecular weight is 1010 g/mol. The summed E-state index contributed by atoms with van der Waals surface area (Å²) in [4.78, 5) is 64.9. The summed E-state index contributed by atoms with van der Waals surface area (Å²) in [6, 6.07) is 36.7. The van der Waals surface area contributed by atoms with Gasteiger partial charge in [0.05, 0.1) is 0 Å². The van der Waals surface area contributed by atoms with Gasteiger partial charge >= 0.3 is 11.9 Å². The van der Waals surface area contributed by atoms with Crippen LogP contribution in [-0.4, -0.2) is 70.1 Å². The fraction of sp³-hybridized carbons (Fsp3) is 0.393. The molecule has 9 rings (SSSR count). The van der Waals surface area contributed by atoms with Gasteiger partial charge in [0.2, 0.25) is 0 Å². The second-order valence-corrected chi connectivity index (χ2v) is 20.0. The molecule has 0 unspecified atom stereocenters. The number of fused-ring (bicyclic) bond motifs is 3. The van der Waals surface area contributed by atoms with Crippen LogP contribution in [0.1, 0.15) is 156 Å². The summed E-state index contributed by atoms with van der Waals surface area (Å²) in [6.07, 6.45) is 13.7. The van der Waals surface area contributed by atoms with E-state index in [4.69, 9.17) is 16.9 Å². The number of ether oxygens (including phenoxy) is 1. The number of rotatable bonds is 9. The van der Waals surface area contributed by atoms with Crippen LogP contribution in [-0.2, 0) is 19.1 Å². The number of esters is 2. The SMILES string of the molecule is CC(=O)CC1CCC(Nc2ccc3cc(C(C)=O)ccc3c2)CC1.CC(=O)OC(C)=O.CC(=O)c1ccc2cc(NC3CCC(N)CC3)ccc2c1.CC(=O)c1ccc2cc(O)ccc2c1.N=C1CCC(N)CC1. The summed E-state index contributed by atoms with van der Waals surface area (Å²) in [6.45, 7) is 8.80. The Kier molecular flexibility index (Phi) is 22.2. The lowest BCUT2D eigenvalue weighted by Crippen LogP contribution is -2.32. The topological polar surface area (TPSA) is 232 Å². The Labute approximate surface area is 435 Å². The number of benzene rings is 6. The third-order valence-corrected chi connectivity index (χ3v) is 13.6. The number of phenols is 1. The summed E-state index contributed by atoms with van der Waals surface area (Å²) in [5, 5.41) is 30.1. The van der Waals surface area contributed by atoms with Gasteiger partial charge in [-0.25, -0.2) is 0 Å². The first kappa shape index (κ1) is 57.8. The molecule has 6 aromatic rings. The molecule has 0 bridgehead atoms. The lowest BCUT2D eigenvalue weighted by Gasteiger charge is -2.29. The standard InChI is InChI=1S/C21H25NO2.C18H22N2O.C12H10O2.C6H12N2.C4H6O3/c1-14(23)11-16-3-8-20(9-4-16)22-21-10-7-18-12-17(15(2)24)5-6-19(18)13-21;1-12(21)13-2-3-15-11-18(7-4-14(15)10-13)20-17-8-5-16(19)6-9-17;1-8(13)9-2-3-11-7-12(14)5-4-10(11)6-9;7-5-1-2-6(8)4-3-5;1-3(5)7-4(2)6/h5-7,10,12-13,16,20,22H,3-4,8-9,11H2,1-2H3;2-4,7,10-11,16-17,20H,5-6,8-9,19H2,1H3;2-7,14H,1H3;5,8H,1-4,7H2;1-2H3. The average Bonchev–Trinajstić information content (AvgIpc) is 3.36. The van der Waals surface area contributed by atoms with Crippen molar-refractivity contribution in [2.24, 2.45) is 17.4 Å². The van der Waals surface area contributed by atoms with Gasteiger partial charge in [-0.3, -0.25) is 24.0 Å². The van der Waals surface area contributed by atoms with E-state index in [0.717, 1.165) is 144 Å². The Morgan fingerprint density at radius 2 is 0.838 bits per heavy atom. The van der Waals surface area contributed by atoms with Gasteiger partial charge in [-0.2, -0.15) is 0 Å². The molecule has 0 atom stereocenters. The number of hydrogen-bond acceptors (Lipinski definition) is 13. The fourth-order valence-corrected chi connectivity index (χ4v) is 9.40. The molecule has 0 amide bonds. The van der Waals surface area contributed by atoms with E-state index in [2.05, 4.69) is 51.8 Å². The quantitative estimate of drug-likeness (QED) is 0.0451. The largest absolute Gasteiger partial charge is 0.508 e. The molecular formula is C61H75N5O8. The second kappa shape index (κ2) is 28.4. The third kappa shape index (κ3) is 19.4. The number of nitrogens with one attached hydrogen (secondary N) is 3. The predicted octanol–water partition coefficient (Wildman–Crippen LogP) is 12.5. The van der Waals surface area contributed by atoms with Gasteiger partial charge < -0.3 is 42.1 Å². The minimum Gasteiger partial charge on any atom is -0.508 e. The number of aromatic hydroxyl groups is 1. The molecule has 0 radical (unpaired) electrons. The Bertz CT molecular complexity index is 2910. The highest BCUT2D eigenvalue weighted by atomic mass is 16.6. The van der Waals surface area contributed by atoms with Crippen LogP contribution in [0, 0.1) is 11.3 Å². The first-order chi connectivity index (χ1) is 35.2. The van der Waals surface area contributed by atoms with Crippen LogP contribution in [0.3, 0.4) is 0 Å². The summed E-state index contributed by atoms with van der Waals surface area (Å²) >= 11 is 0. The number of Topliss-reactive ketones (excluding diaryl/α,β-unsaturated/α-hetero) is 4. The minimum atomic E-state index is -0.562. The molecular weight excluding hydrogens is 931 g/mol. The van der Waals surface area contributed by atoms with E-state index < -0.39 is 11.9 Å². The summed E-state index contributed by atoms with van der Waals surface area (Å²) in [5.74, 6) is 0.264. The molecule has 0 saturated heterocycles. The van der Waals surface area contributed by atoms with Crippen molar-refractivity contribution >= 4 is 84.5 Å². The number of carbonyl (C=O) groups excluding carboxylic acids is 6. The van der Waals surface area contributed by atoms with E-state index in [1.165, 1.54) is 13.8 Å². The summed E-state index contributed by atoms with van der Waals surface area (Å²) in [5.41, 5.74) is 16.9. The lowest BCUT2D eigenvalue weighted by atomic mass is 9.83. The van der Waals surface area contributed by atoms with Crippen molar-refractivity contribution in [1.82, 2.24) is 0 Å². The zero-order valence-corrected chi connectivity index (χ0v) is 43.9. The minimum absolute atomic E-state index is 0.0555. The smallest absolute Gasteiger partial charge is 0.310 e. The number of phenolic OH excluding ortho intramolecular Hbond substituents is 1. The molecule has 3 fully saturated rings. The van der Waals surface area contributed by atoms with Crippen LogP contribution < -0.4 is 22.1 Å². The van der Waals surface area contributed by atoms with E-state index >= 15 is 0 Å². The molecule has 13 nitrogen and oxygen atoms in total. The lowest BCUT2D eigenvalue weighted by molar-refractivity contribution is -0.156. The highest BCUT2D eigenvalue weighted by Gasteiger charge is 2.22. The molecule has 74 heavy (non-hydrogen) atoms. The monoisotopic (exact) mass is 1010 g/mol. The molecule has 6 aromatic carbocycles. The van der Waals surface area contributed by atoms with Gasteiger partial charge in [0, 0.05) is 78.2 Å². The molecule has 8 N–H and O–H groups in total. The number of ketones is 4. The summed E-state index contributed by atoms with van der Waals surface area (Å²) in [7, 11) is 0. The van der Waals surface area contributed by atoms with Crippen molar-refractivity contribution in [3.63, 3.8) is 0 Å². The number of anilines is 2. The molecule has 3 saturated carbocycles. The van der Waals surface area contributed by atoms with E-state index in [9.17, 15) is 33.9 Å². The highest BCUT2D eigenvalue weighted by Crippen LogP contribution is 2.31. The Balaban J connectivity index is 0.000000184. The Hall–Kier alpha value is -7.09. The molecule has 0 aliphatic heterocycles. The highest BCUT2D eigenvalue weighted by molar-refractivity contribution is 6.00. The van der Waals surface area contributed by atoms with Crippen LogP contribution in [0.5, 0.6) is 5.75 Å². The Morgan fingerprint density at radius 1 is 0.486 bits per heavy atom. The van der Waals surface area contributed by atoms with Crippen molar-refractivity contribution in [3.8, 4) is 5.75 Å². The first-order valence-corrected chi connectivity index (χ1v) is 25.8. The van der Waals surface area contributed by atoms with Gasteiger partial charge in [0.1, 0.15) is 11.5 Å². The van der Waals surface area contributed by atoms with E-state index in [1.807, 2.05) is 48.5 Å². The Morgan fingerprint density at radius 3 is 1.20 bits per heavy atom. The number of nitrogens with two attached hydrogens (primary N) is 2. The first-order valence-electron chi connectivity index (χ1n) is 25.8. The van der Waals surface area contributed by atoms with Gasteiger partial charge in [-0.15, -0.1) is 0 Å². The van der Waals surface area contributed by atoms with Gasteiger partial charge in [-0.05, 0) is 198 Å². The van der Waals surface area contributed by atoms with Crippen molar-refractivity contribution in [2.45, 2.75) is 149 Å². The summed E-state index contributed by atoms with van der Waals surface area (Å²) < 4.78 is 3.97. The van der Waals surface area contributed by atoms with Crippen molar-refractivity contribution in [2.75, 3.05) is 10.6 Å². The van der Waals surface area contributed by atoms with E-state index in [-0.39, 0.29) is 23.1 Å². The van der Waals surface area contributed by atoms with Gasteiger partial charge in [0.15, 0.2) is 17.3 Å². The normalized spacial score (nSPS) is 19.0. The molecule has 0 spiro atoms. The van der Waals surface area contributed by atoms with Gasteiger partial charge in [0.25, 0.3) is 0 Å². The van der Waals surface area contributed by atoms with Crippen LogP contribution in [0.15, 0.2) is 109 Å². The zero-order valence-electron chi connectivity index (χ0n) is 43.9. The molecule has 0 heterocycles. The molecule has 3 aliphatic rings. The van der Waals surface area contributed by atoms with Gasteiger partial charge in [-0.1, -0.05) is 54.6 Å². The zero-order chi connectivity index (χ0) is 53.9. The maximum atomic E-state index is 11.5. The number of hydrogen-bond donors (Lipinski definition) is 6. The van der Waals surface area contributed by atoms with Crippen molar-refractivity contribution in [3.05, 3.63) is 126 Å². The van der Waals surface area contributed by atoms with Crippen LogP contribution in [0.2, 0.25) is 0 Å². The number of carbonyl (C=O) groups is 6. The van der Waals surface area contributed by atoms with Crippen LogP contribution in [0.25, 0.3) is 32.3 Å². The van der Waals surface area contributed by atoms with E-state index in [0.29, 0.717) is 41.4 Å². The van der Waals surface area contributed by atoms with Crippen molar-refractivity contribution < 1.29 is 38.6 Å². The predicted molar refractivity (Wildman–Crippen MR) is 299 cm³/mol. The molecule has 0 aromatic heterocycles. The molecule has 13 heteroatoms. The van der Waals surface area contributed by atoms with Crippen LogP contribution in [0.4, 0.5) is 11.4 Å². The second-order valence-electron chi connectivity index (χ2n) is 20.0. The van der Waals surface area contributed by atoms with E-state index in [1.54, 1.807) is 52.0 Å². The maximum Gasteiger partial charge on any atom is 0.310 e. The molecule has 3 aliphatic carbocycles. The fourth-order valence-electron chi connectivity index (χ4n) is 9.40. The maximum absolute atomic E-state index is 11.5.